The van der Waals surface area contributed by atoms with Gasteiger partial charge in [-0.2, -0.15) is 0 Å². The average molecular weight is 265 g/mol. The third-order valence-electron chi connectivity index (χ3n) is 3.16. The molecule has 0 spiro atoms. The van der Waals surface area contributed by atoms with Crippen molar-refractivity contribution in [1.82, 2.24) is 5.32 Å². The van der Waals surface area contributed by atoms with Gasteiger partial charge in [-0.05, 0) is 30.2 Å². The molecule has 2 aromatic carbocycles. The minimum atomic E-state index is 0.308. The highest BCUT2D eigenvalue weighted by Crippen LogP contribution is 2.15. The fourth-order valence-corrected chi connectivity index (χ4v) is 1.96. The maximum atomic E-state index is 5.35. The van der Waals surface area contributed by atoms with Gasteiger partial charge in [0, 0.05) is 12.6 Å². The molecular weight excluding hydrogens is 246 g/mol. The zero-order chi connectivity index (χ0) is 14.2. The normalized spacial score (nSPS) is 11.6. The fourth-order valence-electron chi connectivity index (χ4n) is 1.96. The van der Waals surface area contributed by atoms with Gasteiger partial charge in [-0.1, -0.05) is 48.4 Å². The molecule has 2 heteroatoms. The topological polar surface area (TPSA) is 21.3 Å². The molecule has 2 nitrogen and oxygen atoms in total. The summed E-state index contributed by atoms with van der Waals surface area (Å²) in [6, 6.07) is 18.7. The Morgan fingerprint density at radius 1 is 1.10 bits per heavy atom. The molecule has 2 rings (SSSR count). The van der Waals surface area contributed by atoms with Crippen molar-refractivity contribution >= 4 is 0 Å². The second-order valence-corrected chi connectivity index (χ2v) is 4.65. The average Bonchev–Trinajstić information content (AvgIpc) is 2.52. The third-order valence-corrected chi connectivity index (χ3v) is 3.16. The van der Waals surface area contributed by atoms with E-state index in [1.54, 1.807) is 0 Å². The molecule has 2 aromatic rings. The Labute approximate surface area is 120 Å². The van der Waals surface area contributed by atoms with E-state index in [2.05, 4.69) is 54.6 Å². The van der Waals surface area contributed by atoms with Gasteiger partial charge in [-0.3, -0.25) is 0 Å². The van der Waals surface area contributed by atoms with E-state index in [-0.39, 0.29) is 0 Å². The van der Waals surface area contributed by atoms with E-state index >= 15 is 0 Å². The Morgan fingerprint density at radius 3 is 2.45 bits per heavy atom. The summed E-state index contributed by atoms with van der Waals surface area (Å²) in [5, 5.41) is 3.50. The van der Waals surface area contributed by atoms with Gasteiger partial charge in [-0.25, -0.2) is 0 Å². The van der Waals surface area contributed by atoms with E-state index in [1.165, 1.54) is 11.1 Å². The number of rotatable bonds is 6. The van der Waals surface area contributed by atoms with E-state index in [1.807, 2.05) is 18.2 Å². The Bertz CT molecular complexity index is 554. The summed E-state index contributed by atoms with van der Waals surface area (Å²) in [6.45, 7) is 3.30. The fraction of sp³-hybridized carbons (Fsp3) is 0.222. The van der Waals surface area contributed by atoms with E-state index in [0.717, 1.165) is 12.3 Å². The highest BCUT2D eigenvalue weighted by Gasteiger charge is 2.03. The van der Waals surface area contributed by atoms with Crippen molar-refractivity contribution in [2.24, 2.45) is 0 Å². The van der Waals surface area contributed by atoms with Crippen LogP contribution in [-0.2, 0) is 6.54 Å². The van der Waals surface area contributed by atoms with Crippen LogP contribution >= 0.6 is 0 Å². The lowest BCUT2D eigenvalue weighted by atomic mass is 10.1. The first-order chi connectivity index (χ1) is 9.79. The van der Waals surface area contributed by atoms with E-state index in [9.17, 15) is 0 Å². The van der Waals surface area contributed by atoms with Crippen LogP contribution < -0.4 is 10.1 Å². The summed E-state index contributed by atoms with van der Waals surface area (Å²) in [5.41, 5.74) is 2.52. The molecule has 0 saturated heterocycles. The second-order valence-electron chi connectivity index (χ2n) is 4.65. The standard InChI is InChI=1S/C18H19NO/c1-3-13-20-18-11-9-16(10-12-18)14-19-15(2)17-7-5-4-6-8-17/h1,4-12,15,19H,13-14H2,2H3. The molecule has 0 bridgehead atoms. The molecule has 0 aliphatic heterocycles. The molecule has 0 amide bonds. The van der Waals surface area contributed by atoms with Crippen molar-refractivity contribution in [3.63, 3.8) is 0 Å². The number of terminal acetylenes is 1. The minimum absolute atomic E-state index is 0.308. The zero-order valence-corrected chi connectivity index (χ0v) is 11.7. The maximum Gasteiger partial charge on any atom is 0.148 e. The molecule has 1 unspecified atom stereocenters. The van der Waals surface area contributed by atoms with Crippen LogP contribution in [0.25, 0.3) is 0 Å². The quantitative estimate of drug-likeness (QED) is 0.806. The van der Waals surface area contributed by atoms with Gasteiger partial charge in [0.25, 0.3) is 0 Å². The Hall–Kier alpha value is -2.24. The lowest BCUT2D eigenvalue weighted by Gasteiger charge is -2.14. The SMILES string of the molecule is C#CCOc1ccc(CNC(C)c2ccccc2)cc1. The molecule has 0 aliphatic rings. The molecule has 1 N–H and O–H groups in total. The zero-order valence-electron chi connectivity index (χ0n) is 11.7. The smallest absolute Gasteiger partial charge is 0.148 e. The van der Waals surface area contributed by atoms with E-state index in [4.69, 9.17) is 11.2 Å². The van der Waals surface area contributed by atoms with E-state index in [0.29, 0.717) is 12.6 Å². The maximum absolute atomic E-state index is 5.35. The molecule has 0 aromatic heterocycles. The molecule has 0 saturated carbocycles. The molecule has 0 radical (unpaired) electrons. The summed E-state index contributed by atoms with van der Waals surface area (Å²) in [7, 11) is 0. The van der Waals surface area contributed by atoms with Gasteiger partial charge < -0.3 is 10.1 Å². The first-order valence-electron chi connectivity index (χ1n) is 6.73. The van der Waals surface area contributed by atoms with Crippen molar-refractivity contribution in [1.29, 1.82) is 0 Å². The van der Waals surface area contributed by atoms with Crippen LogP contribution in [0.4, 0.5) is 0 Å². The first kappa shape index (κ1) is 14.2. The lowest BCUT2D eigenvalue weighted by Crippen LogP contribution is -2.17. The molecular formula is C18H19NO. The molecule has 20 heavy (non-hydrogen) atoms. The van der Waals surface area contributed by atoms with Crippen molar-refractivity contribution in [2.45, 2.75) is 19.5 Å². The van der Waals surface area contributed by atoms with Crippen LogP contribution in [0.5, 0.6) is 5.75 Å². The van der Waals surface area contributed by atoms with Crippen LogP contribution in [-0.4, -0.2) is 6.61 Å². The molecule has 0 aliphatic carbocycles. The van der Waals surface area contributed by atoms with Gasteiger partial charge in [0.15, 0.2) is 0 Å². The number of hydrogen-bond acceptors (Lipinski definition) is 2. The van der Waals surface area contributed by atoms with Gasteiger partial charge in [0.05, 0.1) is 0 Å². The predicted octanol–water partition coefficient (Wildman–Crippen LogP) is 3.55. The highest BCUT2D eigenvalue weighted by molar-refractivity contribution is 5.28. The summed E-state index contributed by atoms with van der Waals surface area (Å²) in [4.78, 5) is 0. The van der Waals surface area contributed by atoms with Crippen molar-refractivity contribution in [2.75, 3.05) is 6.61 Å². The molecule has 0 heterocycles. The monoisotopic (exact) mass is 265 g/mol. The Balaban J connectivity index is 1.86. The molecule has 102 valence electrons. The van der Waals surface area contributed by atoms with E-state index < -0.39 is 0 Å². The highest BCUT2D eigenvalue weighted by atomic mass is 16.5. The van der Waals surface area contributed by atoms with Gasteiger partial charge in [0.1, 0.15) is 12.4 Å². The number of benzene rings is 2. The first-order valence-corrected chi connectivity index (χ1v) is 6.73. The summed E-state index contributed by atoms with van der Waals surface area (Å²) in [6.07, 6.45) is 5.16. The Morgan fingerprint density at radius 2 is 1.80 bits per heavy atom. The number of ether oxygens (including phenoxy) is 1. The largest absolute Gasteiger partial charge is 0.481 e. The van der Waals surface area contributed by atoms with Crippen LogP contribution in [0.3, 0.4) is 0 Å². The molecule has 0 fully saturated rings. The minimum Gasteiger partial charge on any atom is -0.481 e. The van der Waals surface area contributed by atoms with Crippen LogP contribution in [0.15, 0.2) is 54.6 Å². The third kappa shape index (κ3) is 4.15. The van der Waals surface area contributed by atoms with Gasteiger partial charge in [-0.15, -0.1) is 6.42 Å². The Kier molecular flexibility index (Phi) is 5.23. The van der Waals surface area contributed by atoms with Crippen molar-refractivity contribution in [3.05, 3.63) is 65.7 Å². The van der Waals surface area contributed by atoms with Crippen LogP contribution in [0.1, 0.15) is 24.1 Å². The van der Waals surface area contributed by atoms with Crippen LogP contribution in [0, 0.1) is 12.3 Å². The number of nitrogens with one attached hydrogen (secondary N) is 1. The summed E-state index contributed by atoms with van der Waals surface area (Å²) in [5.74, 6) is 3.26. The van der Waals surface area contributed by atoms with Gasteiger partial charge in [0.2, 0.25) is 0 Å². The van der Waals surface area contributed by atoms with Crippen molar-refractivity contribution < 1.29 is 4.74 Å². The van der Waals surface area contributed by atoms with Gasteiger partial charge >= 0.3 is 0 Å². The van der Waals surface area contributed by atoms with Crippen molar-refractivity contribution in [3.8, 4) is 18.1 Å². The number of hydrogen-bond donors (Lipinski definition) is 1. The summed E-state index contributed by atoms with van der Waals surface area (Å²) >= 11 is 0. The lowest BCUT2D eigenvalue weighted by molar-refractivity contribution is 0.370. The summed E-state index contributed by atoms with van der Waals surface area (Å²) < 4.78 is 5.35. The molecule has 1 atom stereocenters. The predicted molar refractivity (Wildman–Crippen MR) is 82.5 cm³/mol. The second kappa shape index (κ2) is 7.37. The van der Waals surface area contributed by atoms with Crippen LogP contribution in [0.2, 0.25) is 0 Å².